The third-order valence-corrected chi connectivity index (χ3v) is 6.35. The van der Waals surface area contributed by atoms with Crippen molar-refractivity contribution in [2.24, 2.45) is 11.0 Å². The number of hydrogen-bond donors (Lipinski definition) is 0. The second-order valence-electron chi connectivity index (χ2n) is 7.64. The van der Waals surface area contributed by atoms with Crippen molar-refractivity contribution >= 4 is 44.8 Å². The van der Waals surface area contributed by atoms with Crippen LogP contribution in [0.15, 0.2) is 82.4 Å². The molecule has 3 aliphatic rings. The van der Waals surface area contributed by atoms with Gasteiger partial charge >= 0.3 is 0 Å². The van der Waals surface area contributed by atoms with Gasteiger partial charge < -0.3 is 9.47 Å². The Bertz CT molecular complexity index is 1280. The Kier molecular flexibility index (Phi) is 4.29. The molecule has 0 radical (unpaired) electrons. The van der Waals surface area contributed by atoms with Crippen LogP contribution in [0.25, 0.3) is 0 Å². The number of rotatable bonds is 3. The van der Waals surface area contributed by atoms with E-state index < -0.39 is 12.0 Å². The molecule has 0 N–H and O–H groups in total. The molecular formula is C24H16BrN3O4. The lowest BCUT2D eigenvalue weighted by Gasteiger charge is -2.22. The molecule has 0 bridgehead atoms. The molecule has 3 aliphatic heterocycles. The lowest BCUT2D eigenvalue weighted by molar-refractivity contribution is -0.121. The molecule has 0 saturated carbocycles. The first kappa shape index (κ1) is 19.1. The summed E-state index contributed by atoms with van der Waals surface area (Å²) in [6.45, 7) is 0.119. The third kappa shape index (κ3) is 2.83. The number of hydrazone groups is 1. The number of hydrogen-bond acceptors (Lipinski definition) is 6. The van der Waals surface area contributed by atoms with E-state index in [0.717, 1.165) is 15.7 Å². The SMILES string of the molecule is O=C1[C@H]2C(c3ccc(Br)cc3)=NN(c3ccccc3)[C@@H]2C(=O)N1c1ccc2c(c1)OCO2. The highest BCUT2D eigenvalue weighted by Gasteiger charge is 2.57. The predicted molar refractivity (Wildman–Crippen MR) is 122 cm³/mol. The summed E-state index contributed by atoms with van der Waals surface area (Å²) in [5.41, 5.74) is 2.59. The second kappa shape index (κ2) is 7.20. The molecule has 0 unspecified atom stereocenters. The second-order valence-corrected chi connectivity index (χ2v) is 8.56. The zero-order chi connectivity index (χ0) is 21.8. The lowest BCUT2D eigenvalue weighted by Crippen LogP contribution is -2.39. The van der Waals surface area contributed by atoms with E-state index in [1.807, 2.05) is 54.6 Å². The van der Waals surface area contributed by atoms with Gasteiger partial charge in [-0.3, -0.25) is 14.6 Å². The van der Waals surface area contributed by atoms with Crippen LogP contribution in [0.4, 0.5) is 11.4 Å². The summed E-state index contributed by atoms with van der Waals surface area (Å²) in [6, 6.07) is 21.3. The summed E-state index contributed by atoms with van der Waals surface area (Å²) < 4.78 is 11.7. The maximum atomic E-state index is 13.6. The maximum Gasteiger partial charge on any atom is 0.259 e. The topological polar surface area (TPSA) is 71.4 Å². The molecule has 1 fully saturated rings. The van der Waals surface area contributed by atoms with Crippen molar-refractivity contribution in [3.8, 4) is 11.5 Å². The molecule has 2 atom stereocenters. The van der Waals surface area contributed by atoms with Crippen LogP contribution in [0, 0.1) is 5.92 Å². The van der Waals surface area contributed by atoms with Crippen LogP contribution >= 0.6 is 15.9 Å². The highest BCUT2D eigenvalue weighted by Crippen LogP contribution is 2.42. The van der Waals surface area contributed by atoms with Gasteiger partial charge in [0.05, 0.1) is 17.1 Å². The summed E-state index contributed by atoms with van der Waals surface area (Å²) in [6.07, 6.45) is 0. The van der Waals surface area contributed by atoms with Gasteiger partial charge in [-0.1, -0.05) is 46.3 Å². The van der Waals surface area contributed by atoms with Crippen LogP contribution in [0.5, 0.6) is 11.5 Å². The summed E-state index contributed by atoms with van der Waals surface area (Å²) in [7, 11) is 0. The number of benzene rings is 3. The molecule has 0 aromatic heterocycles. The largest absolute Gasteiger partial charge is 0.454 e. The van der Waals surface area contributed by atoms with E-state index in [0.29, 0.717) is 22.9 Å². The number of anilines is 2. The number of carbonyl (C=O) groups excluding carboxylic acids is 2. The highest BCUT2D eigenvalue weighted by atomic mass is 79.9. The van der Waals surface area contributed by atoms with Crippen molar-refractivity contribution in [3.05, 3.63) is 82.8 Å². The molecule has 0 spiro atoms. The Morgan fingerprint density at radius 2 is 1.59 bits per heavy atom. The van der Waals surface area contributed by atoms with Gasteiger partial charge in [0.25, 0.3) is 5.91 Å². The minimum Gasteiger partial charge on any atom is -0.454 e. The van der Waals surface area contributed by atoms with Crippen molar-refractivity contribution in [1.82, 2.24) is 0 Å². The van der Waals surface area contributed by atoms with E-state index >= 15 is 0 Å². The van der Waals surface area contributed by atoms with E-state index in [1.54, 1.807) is 23.2 Å². The summed E-state index contributed by atoms with van der Waals surface area (Å²) in [4.78, 5) is 28.5. The standard InChI is InChI=1S/C24H16BrN3O4/c25-15-8-6-14(7-9-15)21-20-22(28(26-21)16-4-2-1-3-5-16)24(30)27(23(20)29)17-10-11-18-19(12-17)32-13-31-18/h1-12,20,22H,13H2/t20-,22-/m0/s1. The molecule has 8 heteroatoms. The van der Waals surface area contributed by atoms with Gasteiger partial charge in [0.2, 0.25) is 12.7 Å². The Balaban J connectivity index is 1.46. The fraction of sp³-hybridized carbons (Fsp3) is 0.125. The molecule has 7 nitrogen and oxygen atoms in total. The molecule has 0 aliphatic carbocycles. The molecule has 2 amide bonds. The summed E-state index contributed by atoms with van der Waals surface area (Å²) in [5, 5.41) is 6.41. The van der Waals surface area contributed by atoms with Crippen LogP contribution in [-0.4, -0.2) is 30.4 Å². The molecule has 3 heterocycles. The van der Waals surface area contributed by atoms with Crippen LogP contribution in [0.3, 0.4) is 0 Å². The minimum absolute atomic E-state index is 0.119. The third-order valence-electron chi connectivity index (χ3n) is 5.82. The summed E-state index contributed by atoms with van der Waals surface area (Å²) >= 11 is 3.44. The monoisotopic (exact) mass is 489 g/mol. The van der Waals surface area contributed by atoms with Crippen LogP contribution in [0.2, 0.25) is 0 Å². The molecule has 6 rings (SSSR count). The van der Waals surface area contributed by atoms with E-state index in [2.05, 4.69) is 15.9 Å². The Hall–Kier alpha value is -3.65. The number of ether oxygens (including phenoxy) is 2. The average molecular weight is 490 g/mol. The zero-order valence-corrected chi connectivity index (χ0v) is 18.2. The van der Waals surface area contributed by atoms with Gasteiger partial charge in [-0.25, -0.2) is 4.90 Å². The zero-order valence-electron chi connectivity index (χ0n) is 16.6. The normalized spacial score (nSPS) is 21.2. The van der Waals surface area contributed by atoms with Gasteiger partial charge in [-0.15, -0.1) is 0 Å². The van der Waals surface area contributed by atoms with Crippen LogP contribution < -0.4 is 19.4 Å². The Morgan fingerprint density at radius 1 is 0.844 bits per heavy atom. The Labute approximate surface area is 192 Å². The number of halogens is 1. The molecule has 32 heavy (non-hydrogen) atoms. The van der Waals surface area contributed by atoms with Gasteiger partial charge in [-0.2, -0.15) is 5.10 Å². The van der Waals surface area contributed by atoms with Crippen molar-refractivity contribution < 1.29 is 19.1 Å². The average Bonchev–Trinajstić information content (AvgIpc) is 3.50. The van der Waals surface area contributed by atoms with Crippen molar-refractivity contribution in [3.63, 3.8) is 0 Å². The lowest BCUT2D eigenvalue weighted by atomic mass is 9.93. The van der Waals surface area contributed by atoms with Crippen LogP contribution in [0.1, 0.15) is 5.56 Å². The number of nitrogens with zero attached hydrogens (tertiary/aromatic N) is 3. The van der Waals surface area contributed by atoms with Crippen molar-refractivity contribution in [2.45, 2.75) is 6.04 Å². The van der Waals surface area contributed by atoms with E-state index in [9.17, 15) is 9.59 Å². The fourth-order valence-corrected chi connectivity index (χ4v) is 4.61. The van der Waals surface area contributed by atoms with Gasteiger partial charge in [0.1, 0.15) is 12.0 Å². The Morgan fingerprint density at radius 3 is 2.38 bits per heavy atom. The molecular weight excluding hydrogens is 474 g/mol. The van der Waals surface area contributed by atoms with Crippen molar-refractivity contribution in [2.75, 3.05) is 16.7 Å². The van der Waals surface area contributed by atoms with Gasteiger partial charge in [0, 0.05) is 10.5 Å². The molecule has 1 saturated heterocycles. The number of para-hydroxylation sites is 1. The minimum atomic E-state index is -0.756. The quantitative estimate of drug-likeness (QED) is 0.520. The first-order valence-electron chi connectivity index (χ1n) is 10.1. The smallest absolute Gasteiger partial charge is 0.259 e. The number of imide groups is 1. The fourth-order valence-electron chi connectivity index (χ4n) is 4.35. The van der Waals surface area contributed by atoms with Gasteiger partial charge in [0.15, 0.2) is 11.5 Å². The first-order chi connectivity index (χ1) is 15.6. The number of amides is 2. The molecule has 3 aromatic carbocycles. The molecule has 158 valence electrons. The number of carbonyl (C=O) groups is 2. The maximum absolute atomic E-state index is 13.6. The predicted octanol–water partition coefficient (Wildman–Crippen LogP) is 3.96. The summed E-state index contributed by atoms with van der Waals surface area (Å²) in [5.74, 6) is -0.232. The van der Waals surface area contributed by atoms with Crippen molar-refractivity contribution in [1.29, 1.82) is 0 Å². The highest BCUT2D eigenvalue weighted by molar-refractivity contribution is 9.10. The van der Waals surface area contributed by atoms with Crippen LogP contribution in [-0.2, 0) is 9.59 Å². The van der Waals surface area contributed by atoms with E-state index in [1.165, 1.54) is 4.90 Å². The number of fused-ring (bicyclic) bond motifs is 2. The van der Waals surface area contributed by atoms with E-state index in [4.69, 9.17) is 14.6 Å². The van der Waals surface area contributed by atoms with Gasteiger partial charge in [-0.05, 0) is 42.0 Å². The molecule has 3 aromatic rings. The van der Waals surface area contributed by atoms with E-state index in [-0.39, 0.29) is 18.6 Å². The first-order valence-corrected chi connectivity index (χ1v) is 10.9.